The summed E-state index contributed by atoms with van der Waals surface area (Å²) < 4.78 is 3.19. The molecule has 4 rings (SSSR count). The van der Waals surface area contributed by atoms with E-state index < -0.39 is 0 Å². The van der Waals surface area contributed by atoms with E-state index in [0.29, 0.717) is 0 Å². The number of halogens is 1. The number of benzene rings is 2. The van der Waals surface area contributed by atoms with E-state index in [9.17, 15) is 0 Å². The van der Waals surface area contributed by atoms with Crippen LogP contribution in [0.15, 0.2) is 115 Å². The standard InChI is InChI=1S/C23H18BrN2/c24-23(19-11-15-25(16-12-19)21-7-3-1-4-8-21)20-13-17-26(18-14-20)22-9-5-2-6-10-22/h1-18H/q+1. The molecule has 2 aromatic carbocycles. The first-order valence-electron chi connectivity index (χ1n) is 8.48. The van der Waals surface area contributed by atoms with Crippen molar-refractivity contribution in [3.63, 3.8) is 0 Å². The van der Waals surface area contributed by atoms with Gasteiger partial charge in [0.05, 0.1) is 0 Å². The summed E-state index contributed by atoms with van der Waals surface area (Å²) in [6.07, 6.45) is 12.6. The first-order chi connectivity index (χ1) is 12.8. The van der Waals surface area contributed by atoms with E-state index in [4.69, 9.17) is 0 Å². The van der Waals surface area contributed by atoms with Crippen molar-refractivity contribution in [1.82, 2.24) is 0 Å². The molecule has 0 saturated heterocycles. The van der Waals surface area contributed by atoms with Crippen LogP contribution < -0.4 is 9.47 Å². The van der Waals surface area contributed by atoms with Gasteiger partial charge in [-0.1, -0.05) is 36.4 Å². The summed E-state index contributed by atoms with van der Waals surface area (Å²) in [4.78, 5) is 2.11. The Morgan fingerprint density at radius 1 is 0.731 bits per heavy atom. The molecule has 0 fully saturated rings. The van der Waals surface area contributed by atoms with E-state index >= 15 is 0 Å². The van der Waals surface area contributed by atoms with Gasteiger partial charge in [0, 0.05) is 52.4 Å². The maximum absolute atomic E-state index is 3.75. The van der Waals surface area contributed by atoms with Gasteiger partial charge in [-0.25, -0.2) is 0 Å². The van der Waals surface area contributed by atoms with Crippen molar-refractivity contribution in [2.45, 2.75) is 0 Å². The normalized spacial score (nSPS) is 13.1. The second kappa shape index (κ2) is 7.54. The number of allylic oxidation sites excluding steroid dienone is 3. The van der Waals surface area contributed by atoms with Crippen LogP contribution in [0.5, 0.6) is 0 Å². The Labute approximate surface area is 162 Å². The van der Waals surface area contributed by atoms with Crippen molar-refractivity contribution < 1.29 is 4.57 Å². The van der Waals surface area contributed by atoms with Gasteiger partial charge in [-0.15, -0.1) is 0 Å². The maximum atomic E-state index is 3.75. The molecule has 0 spiro atoms. The summed E-state index contributed by atoms with van der Waals surface area (Å²) in [6.45, 7) is 0. The van der Waals surface area contributed by atoms with Gasteiger partial charge >= 0.3 is 0 Å². The SMILES string of the molecule is BrC(=C1C=CN(c2ccccc2)C=C1)c1cc[n+](-c2ccccc2)cc1. The molecule has 3 aromatic rings. The molecule has 0 radical (unpaired) electrons. The molecule has 3 heteroatoms. The van der Waals surface area contributed by atoms with Crippen molar-refractivity contribution in [2.75, 3.05) is 4.90 Å². The van der Waals surface area contributed by atoms with Crippen molar-refractivity contribution in [2.24, 2.45) is 0 Å². The highest BCUT2D eigenvalue weighted by molar-refractivity contribution is 9.15. The fourth-order valence-electron chi connectivity index (χ4n) is 2.86. The zero-order chi connectivity index (χ0) is 17.8. The zero-order valence-electron chi connectivity index (χ0n) is 14.2. The third-order valence-electron chi connectivity index (χ3n) is 4.27. The van der Waals surface area contributed by atoms with E-state index in [1.807, 2.05) is 36.4 Å². The van der Waals surface area contributed by atoms with E-state index in [1.54, 1.807) is 0 Å². The minimum atomic E-state index is 1.08. The highest BCUT2D eigenvalue weighted by Crippen LogP contribution is 2.29. The molecule has 26 heavy (non-hydrogen) atoms. The Bertz CT molecular complexity index is 956. The van der Waals surface area contributed by atoms with E-state index in [0.717, 1.165) is 27.0 Å². The molecule has 0 bridgehead atoms. The van der Waals surface area contributed by atoms with Crippen LogP contribution >= 0.6 is 15.9 Å². The number of hydrogen-bond acceptors (Lipinski definition) is 1. The fraction of sp³-hybridized carbons (Fsp3) is 0. The second-order valence-electron chi connectivity index (χ2n) is 5.97. The molecular formula is C23H18BrN2+. The van der Waals surface area contributed by atoms with Crippen molar-refractivity contribution in [1.29, 1.82) is 0 Å². The maximum Gasteiger partial charge on any atom is 0.210 e. The quantitative estimate of drug-likeness (QED) is 0.516. The van der Waals surface area contributed by atoms with Gasteiger partial charge in [-0.3, -0.25) is 0 Å². The Hall–Kier alpha value is -2.91. The average molecular weight is 402 g/mol. The highest BCUT2D eigenvalue weighted by Gasteiger charge is 2.10. The summed E-state index contributed by atoms with van der Waals surface area (Å²) >= 11 is 3.75. The predicted octanol–water partition coefficient (Wildman–Crippen LogP) is 5.62. The van der Waals surface area contributed by atoms with E-state index in [-0.39, 0.29) is 0 Å². The lowest BCUT2D eigenvalue weighted by Crippen LogP contribution is -2.29. The van der Waals surface area contributed by atoms with E-state index in [2.05, 4.69) is 98.7 Å². The molecule has 0 atom stereocenters. The van der Waals surface area contributed by atoms with Crippen molar-refractivity contribution in [3.05, 3.63) is 121 Å². The number of para-hydroxylation sites is 2. The number of aromatic nitrogens is 1. The molecule has 126 valence electrons. The van der Waals surface area contributed by atoms with E-state index in [1.165, 1.54) is 0 Å². The molecule has 2 nitrogen and oxygen atoms in total. The topological polar surface area (TPSA) is 7.12 Å². The lowest BCUT2D eigenvalue weighted by atomic mass is 10.1. The Morgan fingerprint density at radius 2 is 1.31 bits per heavy atom. The van der Waals surface area contributed by atoms with Crippen LogP contribution in [0.4, 0.5) is 5.69 Å². The van der Waals surface area contributed by atoms with Gasteiger partial charge < -0.3 is 4.90 Å². The molecule has 0 saturated carbocycles. The number of pyridine rings is 1. The third-order valence-corrected chi connectivity index (χ3v) is 5.19. The molecule has 0 N–H and O–H groups in total. The second-order valence-corrected chi connectivity index (χ2v) is 6.77. The smallest absolute Gasteiger partial charge is 0.210 e. The van der Waals surface area contributed by atoms with Gasteiger partial charge in [0.1, 0.15) is 0 Å². The predicted molar refractivity (Wildman–Crippen MR) is 111 cm³/mol. The number of nitrogens with zero attached hydrogens (tertiary/aromatic N) is 2. The van der Waals surface area contributed by atoms with Crippen LogP contribution in [-0.4, -0.2) is 0 Å². The fourth-order valence-corrected chi connectivity index (χ4v) is 3.39. The summed E-state index contributed by atoms with van der Waals surface area (Å²) in [5.41, 5.74) is 4.60. The van der Waals surface area contributed by atoms with Gasteiger partial charge in [0.2, 0.25) is 5.69 Å². The molecule has 2 heterocycles. The molecule has 1 aliphatic heterocycles. The highest BCUT2D eigenvalue weighted by atomic mass is 79.9. The molecule has 1 aliphatic rings. The first kappa shape index (κ1) is 16.6. The Morgan fingerprint density at radius 3 is 1.92 bits per heavy atom. The summed E-state index contributed by atoms with van der Waals surface area (Å²) in [5.74, 6) is 0. The van der Waals surface area contributed by atoms with Crippen LogP contribution in [0.3, 0.4) is 0 Å². The average Bonchev–Trinajstić information content (AvgIpc) is 2.75. The third kappa shape index (κ3) is 3.53. The first-order valence-corrected chi connectivity index (χ1v) is 9.27. The van der Waals surface area contributed by atoms with Crippen LogP contribution in [0, 0.1) is 0 Å². The van der Waals surface area contributed by atoms with Crippen LogP contribution in [0.2, 0.25) is 0 Å². The van der Waals surface area contributed by atoms with Crippen LogP contribution in [-0.2, 0) is 0 Å². The monoisotopic (exact) mass is 401 g/mol. The number of rotatable bonds is 3. The molecule has 0 amide bonds. The largest absolute Gasteiger partial charge is 0.324 e. The minimum absolute atomic E-state index is 1.08. The number of hydrogen-bond donors (Lipinski definition) is 0. The van der Waals surface area contributed by atoms with Gasteiger partial charge in [0.25, 0.3) is 0 Å². The zero-order valence-corrected chi connectivity index (χ0v) is 15.8. The summed E-state index contributed by atoms with van der Waals surface area (Å²) in [7, 11) is 0. The van der Waals surface area contributed by atoms with Crippen LogP contribution in [0.1, 0.15) is 5.56 Å². The minimum Gasteiger partial charge on any atom is -0.324 e. The lowest BCUT2D eigenvalue weighted by molar-refractivity contribution is -0.595. The molecule has 0 unspecified atom stereocenters. The Kier molecular flexibility index (Phi) is 4.80. The molecule has 0 aliphatic carbocycles. The van der Waals surface area contributed by atoms with Gasteiger partial charge in [-0.2, -0.15) is 4.57 Å². The summed E-state index contributed by atoms with van der Waals surface area (Å²) in [5, 5.41) is 0. The van der Waals surface area contributed by atoms with Gasteiger partial charge in [0.15, 0.2) is 12.4 Å². The summed E-state index contributed by atoms with van der Waals surface area (Å²) in [6, 6.07) is 24.9. The number of anilines is 1. The van der Waals surface area contributed by atoms with Gasteiger partial charge in [-0.05, 0) is 45.8 Å². The molecule has 1 aromatic heterocycles. The van der Waals surface area contributed by atoms with Crippen LogP contribution in [0.25, 0.3) is 10.2 Å². The Balaban J connectivity index is 1.56. The van der Waals surface area contributed by atoms with Crippen molar-refractivity contribution in [3.8, 4) is 5.69 Å². The molecular weight excluding hydrogens is 384 g/mol. The lowest BCUT2D eigenvalue weighted by Gasteiger charge is -2.19. The van der Waals surface area contributed by atoms with Crippen molar-refractivity contribution >= 4 is 26.1 Å².